The number of nitrogens with zero attached hydrogens (tertiary/aromatic N) is 5. The minimum atomic E-state index is 0.209. The highest BCUT2D eigenvalue weighted by Crippen LogP contribution is 2.27. The highest BCUT2D eigenvalue weighted by Gasteiger charge is 2.16. The number of β-amino-alcohol motifs (C(OH)–C–C–N with tert-alkyl or cyclic N) is 1. The summed E-state index contributed by atoms with van der Waals surface area (Å²) in [5.74, 6) is 1.46. The molecular formula is C27H32N6O2. The van der Waals surface area contributed by atoms with Crippen LogP contribution in [-0.4, -0.2) is 65.9 Å². The van der Waals surface area contributed by atoms with Crippen molar-refractivity contribution in [1.29, 1.82) is 5.26 Å². The molecule has 0 radical (unpaired) electrons. The Morgan fingerprint density at radius 2 is 1.86 bits per heavy atom. The van der Waals surface area contributed by atoms with Crippen molar-refractivity contribution in [3.63, 3.8) is 0 Å². The van der Waals surface area contributed by atoms with Crippen LogP contribution < -0.4 is 15.0 Å². The van der Waals surface area contributed by atoms with Gasteiger partial charge >= 0.3 is 0 Å². The number of anilines is 3. The second kappa shape index (κ2) is 11.6. The Bertz CT molecular complexity index is 1150. The van der Waals surface area contributed by atoms with Crippen LogP contribution in [-0.2, 0) is 0 Å². The van der Waals surface area contributed by atoms with E-state index in [2.05, 4.69) is 57.1 Å². The molecule has 2 heterocycles. The van der Waals surface area contributed by atoms with Crippen LogP contribution in [0.2, 0.25) is 0 Å². The lowest BCUT2D eigenvalue weighted by atomic mass is 10.1. The first-order chi connectivity index (χ1) is 17.1. The average molecular weight is 473 g/mol. The van der Waals surface area contributed by atoms with E-state index in [1.54, 1.807) is 12.3 Å². The Balaban J connectivity index is 1.42. The fourth-order valence-electron chi connectivity index (χ4n) is 3.99. The molecular weight excluding hydrogens is 440 g/mol. The highest BCUT2D eigenvalue weighted by atomic mass is 16.5. The Kier molecular flexibility index (Phi) is 8.14. The lowest BCUT2D eigenvalue weighted by Gasteiger charge is -2.35. The van der Waals surface area contributed by atoms with Crippen LogP contribution in [0.15, 0.2) is 54.7 Å². The zero-order valence-electron chi connectivity index (χ0n) is 20.3. The van der Waals surface area contributed by atoms with Gasteiger partial charge in [0, 0.05) is 55.9 Å². The summed E-state index contributed by atoms with van der Waals surface area (Å²) in [7, 11) is 0. The molecule has 182 valence electrons. The van der Waals surface area contributed by atoms with Crippen molar-refractivity contribution in [1.82, 2.24) is 14.9 Å². The van der Waals surface area contributed by atoms with Crippen molar-refractivity contribution >= 4 is 17.3 Å². The molecule has 2 N–H and O–H groups in total. The molecule has 0 saturated carbocycles. The number of nitriles is 1. The first-order valence-corrected chi connectivity index (χ1v) is 12.0. The molecule has 35 heavy (non-hydrogen) atoms. The number of aromatic nitrogens is 2. The van der Waals surface area contributed by atoms with Crippen LogP contribution >= 0.6 is 0 Å². The van der Waals surface area contributed by atoms with Gasteiger partial charge in [0.2, 0.25) is 5.95 Å². The van der Waals surface area contributed by atoms with E-state index >= 15 is 0 Å². The van der Waals surface area contributed by atoms with E-state index in [0.717, 1.165) is 49.7 Å². The molecule has 4 rings (SSSR count). The third-order valence-corrected chi connectivity index (χ3v) is 5.90. The SMILES string of the molecule is CC(C)COc1ccc(-c2ccnc(Nc3ccc(N4CCN(CCO)CC4)cc3)n2)cc1C#N. The lowest BCUT2D eigenvalue weighted by Crippen LogP contribution is -2.47. The average Bonchev–Trinajstić information content (AvgIpc) is 2.88. The van der Waals surface area contributed by atoms with E-state index in [1.807, 2.05) is 30.3 Å². The third-order valence-electron chi connectivity index (χ3n) is 5.90. The molecule has 0 atom stereocenters. The first-order valence-electron chi connectivity index (χ1n) is 12.0. The van der Waals surface area contributed by atoms with Crippen molar-refractivity contribution in [2.24, 2.45) is 5.92 Å². The molecule has 0 amide bonds. The maximum atomic E-state index is 9.57. The van der Waals surface area contributed by atoms with E-state index in [0.29, 0.717) is 29.8 Å². The highest BCUT2D eigenvalue weighted by molar-refractivity contribution is 5.66. The van der Waals surface area contributed by atoms with Gasteiger partial charge in [-0.3, -0.25) is 4.90 Å². The molecule has 1 aliphatic heterocycles. The summed E-state index contributed by atoms with van der Waals surface area (Å²) in [4.78, 5) is 13.6. The predicted octanol–water partition coefficient (Wildman–Crippen LogP) is 3.91. The van der Waals surface area contributed by atoms with E-state index in [9.17, 15) is 5.26 Å². The van der Waals surface area contributed by atoms with Crippen LogP contribution in [0, 0.1) is 17.2 Å². The molecule has 1 fully saturated rings. The summed E-state index contributed by atoms with van der Waals surface area (Å²) >= 11 is 0. The van der Waals surface area contributed by atoms with Gasteiger partial charge in [0.1, 0.15) is 11.8 Å². The van der Waals surface area contributed by atoms with Crippen LogP contribution in [0.1, 0.15) is 19.4 Å². The van der Waals surface area contributed by atoms with Crippen LogP contribution in [0.5, 0.6) is 5.75 Å². The minimum absolute atomic E-state index is 0.209. The van der Waals surface area contributed by atoms with E-state index in [1.165, 1.54) is 5.69 Å². The summed E-state index contributed by atoms with van der Waals surface area (Å²) in [5.41, 5.74) is 4.13. The molecule has 8 nitrogen and oxygen atoms in total. The van der Waals surface area contributed by atoms with Gasteiger partial charge in [0.25, 0.3) is 0 Å². The standard InChI is InChI=1S/C27H32N6O2/c1-20(2)19-35-26-8-3-21(17-22(26)18-28)25-9-10-29-27(31-25)30-23-4-6-24(7-5-23)33-13-11-32(12-14-33)15-16-34/h3-10,17,20,34H,11-16,19H2,1-2H3,(H,29,30,31). The molecule has 8 heteroatoms. The van der Waals surface area contributed by atoms with Crippen LogP contribution in [0.3, 0.4) is 0 Å². The Hall–Kier alpha value is -3.67. The molecule has 0 aliphatic carbocycles. The normalized spacial score (nSPS) is 14.1. The molecule has 0 bridgehead atoms. The molecule has 1 saturated heterocycles. The van der Waals surface area contributed by atoms with Gasteiger partial charge in [-0.1, -0.05) is 13.8 Å². The summed E-state index contributed by atoms with van der Waals surface area (Å²) in [6.07, 6.45) is 1.71. The first kappa shape index (κ1) is 24.5. The maximum absolute atomic E-state index is 9.57. The smallest absolute Gasteiger partial charge is 0.227 e. The minimum Gasteiger partial charge on any atom is -0.492 e. The number of aliphatic hydroxyl groups excluding tert-OH is 1. The van der Waals surface area contributed by atoms with Gasteiger partial charge < -0.3 is 20.1 Å². The number of rotatable bonds is 9. The van der Waals surface area contributed by atoms with Gasteiger partial charge in [-0.15, -0.1) is 0 Å². The van der Waals surface area contributed by atoms with Crippen molar-refractivity contribution < 1.29 is 9.84 Å². The van der Waals surface area contributed by atoms with Crippen molar-refractivity contribution in [2.75, 3.05) is 56.2 Å². The molecule has 1 aliphatic rings. The monoisotopic (exact) mass is 472 g/mol. The quantitative estimate of drug-likeness (QED) is 0.484. The Labute approximate surface area is 206 Å². The van der Waals surface area contributed by atoms with Crippen molar-refractivity contribution in [3.8, 4) is 23.1 Å². The van der Waals surface area contributed by atoms with Crippen LogP contribution in [0.4, 0.5) is 17.3 Å². The second-order valence-corrected chi connectivity index (χ2v) is 9.02. The summed E-state index contributed by atoms with van der Waals surface area (Å²) in [6.45, 7) is 9.47. The maximum Gasteiger partial charge on any atom is 0.227 e. The van der Waals surface area contributed by atoms with E-state index < -0.39 is 0 Å². The van der Waals surface area contributed by atoms with Gasteiger partial charge in [-0.2, -0.15) is 5.26 Å². The van der Waals surface area contributed by atoms with Gasteiger partial charge in [0.15, 0.2) is 0 Å². The number of aliphatic hydroxyl groups is 1. The number of ether oxygens (including phenoxy) is 1. The molecule has 0 spiro atoms. The molecule has 2 aromatic carbocycles. The fourth-order valence-corrected chi connectivity index (χ4v) is 3.99. The number of piperazine rings is 1. The lowest BCUT2D eigenvalue weighted by molar-refractivity contribution is 0.189. The van der Waals surface area contributed by atoms with Crippen LogP contribution in [0.25, 0.3) is 11.3 Å². The molecule has 1 aromatic heterocycles. The summed E-state index contributed by atoms with van der Waals surface area (Å²) < 4.78 is 5.77. The number of hydrogen-bond acceptors (Lipinski definition) is 8. The van der Waals surface area contributed by atoms with Gasteiger partial charge in [-0.05, 0) is 54.4 Å². The van der Waals surface area contributed by atoms with Crippen molar-refractivity contribution in [3.05, 3.63) is 60.3 Å². The fraction of sp³-hybridized carbons (Fsp3) is 0.370. The van der Waals surface area contributed by atoms with Gasteiger partial charge in [-0.25, -0.2) is 9.97 Å². The third kappa shape index (κ3) is 6.47. The topological polar surface area (TPSA) is 97.5 Å². The number of hydrogen-bond donors (Lipinski definition) is 2. The zero-order chi connectivity index (χ0) is 24.6. The van der Waals surface area contributed by atoms with Gasteiger partial charge in [0.05, 0.1) is 24.5 Å². The second-order valence-electron chi connectivity index (χ2n) is 9.02. The summed E-state index contributed by atoms with van der Waals surface area (Å²) in [5, 5.41) is 22.0. The number of nitrogens with one attached hydrogen (secondary N) is 1. The molecule has 0 unspecified atom stereocenters. The molecule has 3 aromatic rings. The zero-order valence-corrected chi connectivity index (χ0v) is 20.3. The predicted molar refractivity (Wildman–Crippen MR) is 138 cm³/mol. The Morgan fingerprint density at radius 3 is 2.54 bits per heavy atom. The number of benzene rings is 2. The van der Waals surface area contributed by atoms with Crippen molar-refractivity contribution in [2.45, 2.75) is 13.8 Å². The largest absolute Gasteiger partial charge is 0.492 e. The van der Waals surface area contributed by atoms with E-state index in [-0.39, 0.29) is 6.61 Å². The van der Waals surface area contributed by atoms with E-state index in [4.69, 9.17) is 9.84 Å². The Morgan fingerprint density at radius 1 is 1.09 bits per heavy atom. The summed E-state index contributed by atoms with van der Waals surface area (Å²) in [6, 6.07) is 17.9.